The van der Waals surface area contributed by atoms with E-state index in [1.807, 2.05) is 12.3 Å². The van der Waals surface area contributed by atoms with Crippen LogP contribution < -0.4 is 0 Å². The van der Waals surface area contributed by atoms with Gasteiger partial charge in [0, 0.05) is 16.7 Å². The van der Waals surface area contributed by atoms with Crippen molar-refractivity contribution in [2.75, 3.05) is 0 Å². The van der Waals surface area contributed by atoms with Crippen molar-refractivity contribution < 1.29 is 9.90 Å². The van der Waals surface area contributed by atoms with Crippen LogP contribution in [0.5, 0.6) is 0 Å². The number of carboxylic acids is 1. The van der Waals surface area contributed by atoms with Gasteiger partial charge in [0.2, 0.25) is 0 Å². The molecule has 20 heavy (non-hydrogen) atoms. The van der Waals surface area contributed by atoms with Gasteiger partial charge in [0.25, 0.3) is 0 Å². The van der Waals surface area contributed by atoms with Gasteiger partial charge in [0.15, 0.2) is 0 Å². The average Bonchev–Trinajstić information content (AvgIpc) is 2.89. The van der Waals surface area contributed by atoms with Gasteiger partial charge in [-0.2, -0.15) is 0 Å². The minimum absolute atomic E-state index is 0.348. The molecule has 1 heterocycles. The first-order valence-corrected chi connectivity index (χ1v) is 8.39. The van der Waals surface area contributed by atoms with E-state index >= 15 is 0 Å². The molecule has 3 nitrogen and oxygen atoms in total. The zero-order valence-electron chi connectivity index (χ0n) is 11.5. The lowest BCUT2D eigenvalue weighted by Gasteiger charge is -2.07. The Hall–Kier alpha value is -1.33. The molecule has 1 unspecified atom stereocenters. The summed E-state index contributed by atoms with van der Waals surface area (Å²) in [7, 11) is 0. The SMILES string of the molecule is CCC(SCc1csc(-c2ccc(C)cc2)n1)C(=O)O. The van der Waals surface area contributed by atoms with Crippen LogP contribution in [0.25, 0.3) is 10.6 Å². The lowest BCUT2D eigenvalue weighted by molar-refractivity contribution is -0.136. The summed E-state index contributed by atoms with van der Waals surface area (Å²) in [4.78, 5) is 15.6. The molecule has 1 atom stereocenters. The fraction of sp³-hybridized carbons (Fsp3) is 0.333. The highest BCUT2D eigenvalue weighted by Crippen LogP contribution is 2.27. The van der Waals surface area contributed by atoms with Crippen LogP contribution >= 0.6 is 23.1 Å². The normalized spacial score (nSPS) is 12.3. The molecule has 2 rings (SSSR count). The average molecular weight is 307 g/mol. The van der Waals surface area contributed by atoms with Crippen LogP contribution in [0, 0.1) is 6.92 Å². The van der Waals surface area contributed by atoms with Crippen LogP contribution in [-0.4, -0.2) is 21.3 Å². The third kappa shape index (κ3) is 3.84. The molecule has 0 amide bonds. The molecule has 0 saturated heterocycles. The summed E-state index contributed by atoms with van der Waals surface area (Å²) < 4.78 is 0. The number of hydrogen-bond donors (Lipinski definition) is 1. The molecule has 5 heteroatoms. The molecule has 0 saturated carbocycles. The number of nitrogens with zero attached hydrogens (tertiary/aromatic N) is 1. The van der Waals surface area contributed by atoms with Gasteiger partial charge in [-0.3, -0.25) is 4.79 Å². The van der Waals surface area contributed by atoms with E-state index in [9.17, 15) is 4.79 Å². The second-order valence-electron chi connectivity index (χ2n) is 4.56. The van der Waals surface area contributed by atoms with Crippen LogP contribution in [0.4, 0.5) is 0 Å². The number of carbonyl (C=O) groups is 1. The number of aliphatic carboxylic acids is 1. The van der Waals surface area contributed by atoms with Crippen molar-refractivity contribution in [3.8, 4) is 10.6 Å². The Balaban J connectivity index is 2.02. The number of rotatable bonds is 6. The van der Waals surface area contributed by atoms with E-state index in [4.69, 9.17) is 5.11 Å². The van der Waals surface area contributed by atoms with Crippen molar-refractivity contribution in [1.29, 1.82) is 0 Å². The maximum absolute atomic E-state index is 11.0. The molecule has 0 spiro atoms. The van der Waals surface area contributed by atoms with Crippen molar-refractivity contribution in [3.63, 3.8) is 0 Å². The Morgan fingerprint density at radius 1 is 1.40 bits per heavy atom. The van der Waals surface area contributed by atoms with Gasteiger partial charge in [-0.05, 0) is 13.3 Å². The Morgan fingerprint density at radius 3 is 2.70 bits per heavy atom. The van der Waals surface area contributed by atoms with E-state index in [-0.39, 0.29) is 5.25 Å². The first-order chi connectivity index (χ1) is 9.60. The third-order valence-corrected chi connectivity index (χ3v) is 5.27. The standard InChI is InChI=1S/C15H17NO2S2/c1-3-13(15(17)18)19-8-12-9-20-14(16-12)11-6-4-10(2)5-7-11/h4-7,9,13H,3,8H2,1-2H3,(H,17,18). The monoisotopic (exact) mass is 307 g/mol. The fourth-order valence-electron chi connectivity index (χ4n) is 1.75. The molecule has 2 aromatic rings. The van der Waals surface area contributed by atoms with E-state index in [2.05, 4.69) is 36.2 Å². The fourth-order valence-corrected chi connectivity index (χ4v) is 3.58. The van der Waals surface area contributed by atoms with Crippen LogP contribution in [0.2, 0.25) is 0 Å². The lowest BCUT2D eigenvalue weighted by atomic mass is 10.2. The summed E-state index contributed by atoms with van der Waals surface area (Å²) in [5.74, 6) is -0.0980. The highest BCUT2D eigenvalue weighted by atomic mass is 32.2. The Morgan fingerprint density at radius 2 is 2.10 bits per heavy atom. The number of hydrogen-bond acceptors (Lipinski definition) is 4. The van der Waals surface area contributed by atoms with Gasteiger partial charge in [0.1, 0.15) is 10.3 Å². The number of thioether (sulfide) groups is 1. The molecule has 106 valence electrons. The highest BCUT2D eigenvalue weighted by Gasteiger charge is 2.16. The third-order valence-electron chi connectivity index (χ3n) is 2.93. The predicted molar refractivity (Wildman–Crippen MR) is 85.3 cm³/mol. The number of aromatic nitrogens is 1. The van der Waals surface area contributed by atoms with Crippen LogP contribution in [0.3, 0.4) is 0 Å². The molecule has 1 aromatic carbocycles. The van der Waals surface area contributed by atoms with Gasteiger partial charge >= 0.3 is 5.97 Å². The number of aryl methyl sites for hydroxylation is 1. The molecule has 0 aliphatic rings. The molecule has 0 bridgehead atoms. The minimum Gasteiger partial charge on any atom is -0.480 e. The smallest absolute Gasteiger partial charge is 0.316 e. The first-order valence-electron chi connectivity index (χ1n) is 6.46. The molecular weight excluding hydrogens is 290 g/mol. The van der Waals surface area contributed by atoms with Crippen LogP contribution in [0.15, 0.2) is 29.6 Å². The molecule has 0 aliphatic heterocycles. The Kier molecular flexibility index (Phi) is 5.20. The van der Waals surface area contributed by atoms with E-state index in [0.29, 0.717) is 12.2 Å². The number of thiazole rings is 1. The summed E-state index contributed by atoms with van der Waals surface area (Å²) in [5, 5.41) is 11.7. The van der Waals surface area contributed by atoms with E-state index < -0.39 is 5.97 Å². The summed E-state index contributed by atoms with van der Waals surface area (Å²) in [5.41, 5.74) is 3.30. The predicted octanol–water partition coefficient (Wildman–Crippen LogP) is 4.21. The number of benzene rings is 1. The zero-order valence-corrected chi connectivity index (χ0v) is 13.1. The van der Waals surface area contributed by atoms with Gasteiger partial charge in [-0.15, -0.1) is 23.1 Å². The quantitative estimate of drug-likeness (QED) is 0.868. The molecule has 1 aromatic heterocycles. The van der Waals surface area contributed by atoms with Crippen molar-refractivity contribution in [1.82, 2.24) is 4.98 Å². The lowest BCUT2D eigenvalue weighted by Crippen LogP contribution is -2.15. The number of carboxylic acid groups (broad SMARTS) is 1. The molecular formula is C15H17NO2S2. The molecule has 0 radical (unpaired) electrons. The van der Waals surface area contributed by atoms with Gasteiger partial charge in [0.05, 0.1) is 5.69 Å². The molecule has 0 aliphatic carbocycles. The Bertz CT molecular complexity index is 578. The highest BCUT2D eigenvalue weighted by molar-refractivity contribution is 7.99. The first kappa shape index (κ1) is 15.1. The maximum Gasteiger partial charge on any atom is 0.316 e. The van der Waals surface area contributed by atoms with Gasteiger partial charge < -0.3 is 5.11 Å². The van der Waals surface area contributed by atoms with Crippen LogP contribution in [-0.2, 0) is 10.5 Å². The summed E-state index contributed by atoms with van der Waals surface area (Å²) in [6.45, 7) is 3.95. The molecule has 0 fully saturated rings. The van der Waals surface area contributed by atoms with Crippen molar-refractivity contribution in [2.24, 2.45) is 0 Å². The van der Waals surface area contributed by atoms with E-state index in [1.165, 1.54) is 17.3 Å². The van der Waals surface area contributed by atoms with Gasteiger partial charge in [-0.25, -0.2) is 4.98 Å². The zero-order chi connectivity index (χ0) is 14.5. The van der Waals surface area contributed by atoms with E-state index in [0.717, 1.165) is 16.3 Å². The summed E-state index contributed by atoms with van der Waals surface area (Å²) >= 11 is 3.04. The summed E-state index contributed by atoms with van der Waals surface area (Å²) in [6.07, 6.45) is 0.634. The maximum atomic E-state index is 11.0. The molecule has 1 N–H and O–H groups in total. The van der Waals surface area contributed by atoms with Crippen molar-refractivity contribution in [3.05, 3.63) is 40.9 Å². The largest absolute Gasteiger partial charge is 0.480 e. The van der Waals surface area contributed by atoms with E-state index in [1.54, 1.807) is 11.3 Å². The second kappa shape index (κ2) is 6.90. The second-order valence-corrected chi connectivity index (χ2v) is 6.61. The summed E-state index contributed by atoms with van der Waals surface area (Å²) in [6, 6.07) is 8.28. The van der Waals surface area contributed by atoms with Crippen LogP contribution in [0.1, 0.15) is 24.6 Å². The Labute approximate surface area is 127 Å². The van der Waals surface area contributed by atoms with Crippen molar-refractivity contribution in [2.45, 2.75) is 31.3 Å². The van der Waals surface area contributed by atoms with Gasteiger partial charge in [-0.1, -0.05) is 36.8 Å². The van der Waals surface area contributed by atoms with Crippen molar-refractivity contribution >= 4 is 29.1 Å². The minimum atomic E-state index is -0.744. The topological polar surface area (TPSA) is 50.2 Å².